The number of rotatable bonds is 3. The number of aromatic nitrogens is 1. The lowest BCUT2D eigenvalue weighted by Gasteiger charge is -2.09. The number of ether oxygens (including phenoxy) is 1. The van der Waals surface area contributed by atoms with E-state index in [0.717, 1.165) is 0 Å². The van der Waals surface area contributed by atoms with Gasteiger partial charge in [0.05, 0.1) is 5.69 Å². The molecular weight excluding hydrogens is 218 g/mol. The van der Waals surface area contributed by atoms with Crippen LogP contribution in [-0.2, 0) is 4.79 Å². The van der Waals surface area contributed by atoms with Gasteiger partial charge in [-0.3, -0.25) is 4.98 Å². The van der Waals surface area contributed by atoms with E-state index in [-0.39, 0.29) is 5.69 Å². The Morgan fingerprint density at radius 1 is 1.12 bits per heavy atom. The van der Waals surface area contributed by atoms with Crippen molar-refractivity contribution in [2.45, 2.75) is 6.10 Å². The van der Waals surface area contributed by atoms with Crippen LogP contribution < -0.4 is 4.74 Å². The number of aliphatic hydroxyl groups is 1. The molecule has 1 aromatic heterocycles. The van der Waals surface area contributed by atoms with Gasteiger partial charge in [0.15, 0.2) is 6.10 Å². The number of nitrogens with zero attached hydrogens (tertiary/aromatic N) is 1. The highest BCUT2D eigenvalue weighted by molar-refractivity contribution is 5.77. The third kappa shape index (κ3) is 2.89. The lowest BCUT2D eigenvalue weighted by atomic mass is 10.2. The van der Waals surface area contributed by atoms with Crippen molar-refractivity contribution in [3.05, 3.63) is 60.4 Å². The number of hydrogen-bond acceptors (Lipinski definition) is 4. The first kappa shape index (κ1) is 11.3. The molecule has 0 amide bonds. The summed E-state index contributed by atoms with van der Waals surface area (Å²) in [7, 11) is 0. The van der Waals surface area contributed by atoms with E-state index in [2.05, 4.69) is 4.98 Å². The van der Waals surface area contributed by atoms with E-state index < -0.39 is 12.1 Å². The number of carbonyl (C=O) groups excluding carboxylic acids is 1. The Bertz CT molecular complexity index is 485. The molecule has 4 nitrogen and oxygen atoms in total. The summed E-state index contributed by atoms with van der Waals surface area (Å²) < 4.78 is 5.00. The molecule has 0 bridgehead atoms. The summed E-state index contributed by atoms with van der Waals surface area (Å²) in [6.07, 6.45) is 0.144. The molecule has 2 rings (SSSR count). The van der Waals surface area contributed by atoms with Gasteiger partial charge in [0.25, 0.3) is 0 Å². The molecule has 0 radical (unpaired) electrons. The molecule has 0 saturated carbocycles. The first-order valence-electron chi connectivity index (χ1n) is 5.13. The number of carbonyl (C=O) groups is 1. The molecule has 1 atom stereocenters. The minimum Gasteiger partial charge on any atom is -0.424 e. The van der Waals surface area contributed by atoms with Crippen molar-refractivity contribution in [3.63, 3.8) is 0 Å². The zero-order valence-electron chi connectivity index (χ0n) is 8.98. The fourth-order valence-electron chi connectivity index (χ4n) is 1.32. The van der Waals surface area contributed by atoms with Crippen LogP contribution in [0.1, 0.15) is 11.8 Å². The van der Waals surface area contributed by atoms with Gasteiger partial charge >= 0.3 is 5.97 Å². The molecule has 0 fully saturated rings. The van der Waals surface area contributed by atoms with Crippen LogP contribution in [0.4, 0.5) is 0 Å². The summed E-state index contributed by atoms with van der Waals surface area (Å²) in [4.78, 5) is 15.5. The third-order valence-corrected chi connectivity index (χ3v) is 2.15. The van der Waals surface area contributed by atoms with Crippen molar-refractivity contribution in [2.24, 2.45) is 0 Å². The quantitative estimate of drug-likeness (QED) is 0.643. The second-order valence-electron chi connectivity index (χ2n) is 3.39. The Hall–Kier alpha value is -2.20. The zero-order valence-corrected chi connectivity index (χ0v) is 8.98. The van der Waals surface area contributed by atoms with Crippen LogP contribution >= 0.6 is 0 Å². The first-order chi connectivity index (χ1) is 8.27. The minimum atomic E-state index is -1.36. The van der Waals surface area contributed by atoms with Crippen molar-refractivity contribution in [1.82, 2.24) is 4.98 Å². The largest absolute Gasteiger partial charge is 0.424 e. The van der Waals surface area contributed by atoms with E-state index in [1.54, 1.807) is 42.5 Å². The lowest BCUT2D eigenvalue weighted by Crippen LogP contribution is -2.19. The van der Waals surface area contributed by atoms with E-state index in [9.17, 15) is 9.90 Å². The van der Waals surface area contributed by atoms with Gasteiger partial charge in [-0.05, 0) is 24.3 Å². The molecule has 86 valence electrons. The number of aliphatic hydroxyl groups excluding tert-OH is 1. The summed E-state index contributed by atoms with van der Waals surface area (Å²) >= 11 is 0. The van der Waals surface area contributed by atoms with Gasteiger partial charge in [-0.15, -0.1) is 0 Å². The SMILES string of the molecule is O=C(Oc1ccccc1)C(O)c1ccccn1. The number of benzene rings is 1. The van der Waals surface area contributed by atoms with E-state index in [0.29, 0.717) is 5.75 Å². The van der Waals surface area contributed by atoms with E-state index in [4.69, 9.17) is 4.74 Å². The smallest absolute Gasteiger partial charge is 0.346 e. The molecule has 0 aliphatic rings. The minimum absolute atomic E-state index is 0.272. The molecule has 0 saturated heterocycles. The van der Waals surface area contributed by atoms with Crippen LogP contribution in [0.2, 0.25) is 0 Å². The van der Waals surface area contributed by atoms with Gasteiger partial charge in [-0.1, -0.05) is 24.3 Å². The van der Waals surface area contributed by atoms with Gasteiger partial charge in [0.1, 0.15) is 5.75 Å². The van der Waals surface area contributed by atoms with Gasteiger partial charge in [-0.2, -0.15) is 0 Å². The first-order valence-corrected chi connectivity index (χ1v) is 5.13. The Balaban J connectivity index is 2.06. The molecule has 4 heteroatoms. The van der Waals surface area contributed by atoms with Crippen molar-refractivity contribution >= 4 is 5.97 Å². The summed E-state index contributed by atoms with van der Waals surface area (Å²) in [6.45, 7) is 0. The highest BCUT2D eigenvalue weighted by Gasteiger charge is 2.20. The maximum Gasteiger partial charge on any atom is 0.346 e. The highest BCUT2D eigenvalue weighted by Crippen LogP contribution is 2.15. The van der Waals surface area contributed by atoms with Gasteiger partial charge in [-0.25, -0.2) is 4.79 Å². The summed E-state index contributed by atoms with van der Waals surface area (Å²) in [6, 6.07) is 13.6. The summed E-state index contributed by atoms with van der Waals surface area (Å²) in [5, 5.41) is 9.71. The Kier molecular flexibility index (Phi) is 3.47. The monoisotopic (exact) mass is 229 g/mol. The average molecular weight is 229 g/mol. The van der Waals surface area contributed by atoms with Crippen LogP contribution in [-0.4, -0.2) is 16.1 Å². The van der Waals surface area contributed by atoms with E-state index in [1.165, 1.54) is 6.20 Å². The molecule has 1 aromatic carbocycles. The highest BCUT2D eigenvalue weighted by atomic mass is 16.5. The standard InChI is InChI=1S/C13H11NO3/c15-12(11-8-4-5-9-14-11)13(16)17-10-6-2-1-3-7-10/h1-9,12,15H. The molecule has 0 spiro atoms. The predicted molar refractivity (Wildman–Crippen MR) is 61.3 cm³/mol. The fourth-order valence-corrected chi connectivity index (χ4v) is 1.32. The second kappa shape index (κ2) is 5.23. The van der Waals surface area contributed by atoms with Crippen molar-refractivity contribution in [2.75, 3.05) is 0 Å². The Morgan fingerprint density at radius 3 is 2.47 bits per heavy atom. The third-order valence-electron chi connectivity index (χ3n) is 2.15. The van der Waals surface area contributed by atoms with Crippen molar-refractivity contribution in [3.8, 4) is 5.75 Å². The zero-order chi connectivity index (χ0) is 12.1. The average Bonchev–Trinajstić information content (AvgIpc) is 2.40. The maximum atomic E-state index is 11.6. The molecule has 1 N–H and O–H groups in total. The van der Waals surface area contributed by atoms with Gasteiger partial charge < -0.3 is 9.84 Å². The van der Waals surface area contributed by atoms with Crippen molar-refractivity contribution < 1.29 is 14.6 Å². The number of para-hydroxylation sites is 1. The topological polar surface area (TPSA) is 59.4 Å². The molecule has 1 unspecified atom stereocenters. The predicted octanol–water partition coefficient (Wildman–Crippen LogP) is 1.72. The Morgan fingerprint density at radius 2 is 1.82 bits per heavy atom. The molecule has 17 heavy (non-hydrogen) atoms. The summed E-state index contributed by atoms with van der Waals surface area (Å²) in [5.74, 6) is -0.345. The molecule has 0 aliphatic carbocycles. The summed E-state index contributed by atoms with van der Waals surface area (Å²) in [5.41, 5.74) is 0.272. The molecular formula is C13H11NO3. The fraction of sp³-hybridized carbons (Fsp3) is 0.0769. The maximum absolute atomic E-state index is 11.6. The van der Waals surface area contributed by atoms with Gasteiger partial charge in [0, 0.05) is 6.20 Å². The molecule has 0 aliphatic heterocycles. The van der Waals surface area contributed by atoms with Gasteiger partial charge in [0.2, 0.25) is 0 Å². The van der Waals surface area contributed by atoms with E-state index >= 15 is 0 Å². The second-order valence-corrected chi connectivity index (χ2v) is 3.39. The molecule has 2 aromatic rings. The number of hydrogen-bond donors (Lipinski definition) is 1. The normalized spacial score (nSPS) is 11.8. The number of pyridine rings is 1. The van der Waals surface area contributed by atoms with Crippen LogP contribution in [0.25, 0.3) is 0 Å². The van der Waals surface area contributed by atoms with E-state index in [1.807, 2.05) is 6.07 Å². The lowest BCUT2D eigenvalue weighted by molar-refractivity contribution is -0.144. The van der Waals surface area contributed by atoms with Crippen LogP contribution in [0.15, 0.2) is 54.7 Å². The molecule has 1 heterocycles. The van der Waals surface area contributed by atoms with Crippen LogP contribution in [0, 0.1) is 0 Å². The van der Waals surface area contributed by atoms with Crippen molar-refractivity contribution in [1.29, 1.82) is 0 Å². The Labute approximate surface area is 98.5 Å². The van der Waals surface area contributed by atoms with Crippen LogP contribution in [0.5, 0.6) is 5.75 Å². The van der Waals surface area contributed by atoms with Crippen LogP contribution in [0.3, 0.4) is 0 Å². The number of esters is 1.